The van der Waals surface area contributed by atoms with Crippen LogP contribution in [0, 0.1) is 10.1 Å². The van der Waals surface area contributed by atoms with Gasteiger partial charge in [0.2, 0.25) is 0 Å². The molecule has 7 heteroatoms. The smallest absolute Gasteiger partial charge is 0.401 e. The molecule has 0 unspecified atom stereocenters. The van der Waals surface area contributed by atoms with Gasteiger partial charge in [-0.05, 0) is 30.4 Å². The summed E-state index contributed by atoms with van der Waals surface area (Å²) in [5.41, 5.74) is 0.331. The van der Waals surface area contributed by atoms with Gasteiger partial charge in [0.1, 0.15) is 16.5 Å². The minimum absolute atomic E-state index is 0.245. The molecule has 0 aliphatic heterocycles. The molecule has 1 N–H and O–H groups in total. The number of hydrogen-bond acceptors (Lipinski definition) is 5. The molecular formula is C14H9N3O4. The molecule has 0 saturated carbocycles. The fourth-order valence-electron chi connectivity index (χ4n) is 1.87. The van der Waals surface area contributed by atoms with Crippen molar-refractivity contribution in [2.45, 2.75) is 0 Å². The van der Waals surface area contributed by atoms with Crippen molar-refractivity contribution in [2.24, 2.45) is 0 Å². The van der Waals surface area contributed by atoms with E-state index in [4.69, 9.17) is 4.42 Å². The highest BCUT2D eigenvalue weighted by molar-refractivity contribution is 5.78. The van der Waals surface area contributed by atoms with E-state index in [2.05, 4.69) is 9.97 Å². The van der Waals surface area contributed by atoms with E-state index in [0.29, 0.717) is 22.5 Å². The lowest BCUT2D eigenvalue weighted by Gasteiger charge is -1.97. The van der Waals surface area contributed by atoms with Crippen LogP contribution in [0.1, 0.15) is 11.6 Å². The Morgan fingerprint density at radius 3 is 2.76 bits per heavy atom. The fourth-order valence-corrected chi connectivity index (χ4v) is 1.87. The van der Waals surface area contributed by atoms with Crippen LogP contribution in [0.15, 0.2) is 45.6 Å². The Balaban J connectivity index is 1.95. The second kappa shape index (κ2) is 5.04. The number of nitrogens with one attached hydrogen (secondary N) is 1. The summed E-state index contributed by atoms with van der Waals surface area (Å²) in [6, 6.07) is 9.70. The monoisotopic (exact) mass is 283 g/mol. The van der Waals surface area contributed by atoms with Crippen LogP contribution >= 0.6 is 0 Å². The second-order valence-electron chi connectivity index (χ2n) is 4.23. The lowest BCUT2D eigenvalue weighted by Crippen LogP contribution is -2.09. The van der Waals surface area contributed by atoms with Crippen molar-refractivity contribution in [3.8, 4) is 0 Å². The number of fused-ring (bicyclic) bond motifs is 1. The molecule has 2 aromatic heterocycles. The number of nitrogens with zero attached hydrogens (tertiary/aromatic N) is 2. The highest BCUT2D eigenvalue weighted by atomic mass is 16.6. The van der Waals surface area contributed by atoms with Gasteiger partial charge in [0, 0.05) is 0 Å². The van der Waals surface area contributed by atoms with E-state index in [1.165, 1.54) is 24.3 Å². The standard InChI is InChI=1S/C14H9N3O4/c18-14-10-3-1-2-4-11(10)15-12(16-14)7-5-9-6-8-13(21-9)17(19)20/h1-8H,(H,15,16,18)/b7-5+. The Hall–Kier alpha value is -3.22. The SMILES string of the molecule is O=c1[nH]c(/C=C/c2ccc([N+](=O)[O-])o2)nc2ccccc12. The molecule has 0 amide bonds. The van der Waals surface area contributed by atoms with Crippen LogP contribution in [0.4, 0.5) is 5.88 Å². The number of para-hydroxylation sites is 1. The largest absolute Gasteiger partial charge is 0.433 e. The molecule has 0 radical (unpaired) electrons. The van der Waals surface area contributed by atoms with E-state index in [1.807, 2.05) is 0 Å². The van der Waals surface area contributed by atoms with E-state index in [9.17, 15) is 14.9 Å². The molecular weight excluding hydrogens is 274 g/mol. The van der Waals surface area contributed by atoms with Crippen LogP contribution in [0.5, 0.6) is 0 Å². The summed E-state index contributed by atoms with van der Waals surface area (Å²) in [5.74, 6) is 0.310. The van der Waals surface area contributed by atoms with E-state index < -0.39 is 4.92 Å². The number of aromatic amines is 1. The van der Waals surface area contributed by atoms with Crippen molar-refractivity contribution in [1.82, 2.24) is 9.97 Å². The van der Waals surface area contributed by atoms with E-state index in [1.54, 1.807) is 24.3 Å². The average Bonchev–Trinajstić information content (AvgIpc) is 2.94. The van der Waals surface area contributed by atoms with Crippen LogP contribution in [-0.2, 0) is 0 Å². The Morgan fingerprint density at radius 1 is 1.19 bits per heavy atom. The first-order valence-corrected chi connectivity index (χ1v) is 6.05. The topological polar surface area (TPSA) is 102 Å². The van der Waals surface area contributed by atoms with Crippen molar-refractivity contribution < 1.29 is 9.34 Å². The molecule has 2 heterocycles. The normalized spacial score (nSPS) is 11.2. The number of rotatable bonds is 3. The summed E-state index contributed by atoms with van der Waals surface area (Å²) in [5, 5.41) is 11.0. The van der Waals surface area contributed by atoms with Gasteiger partial charge in [-0.1, -0.05) is 12.1 Å². The summed E-state index contributed by atoms with van der Waals surface area (Å²) in [7, 11) is 0. The predicted molar refractivity (Wildman–Crippen MR) is 76.7 cm³/mol. The van der Waals surface area contributed by atoms with E-state index in [0.717, 1.165) is 0 Å². The second-order valence-corrected chi connectivity index (χ2v) is 4.23. The fraction of sp³-hybridized carbons (Fsp3) is 0. The minimum atomic E-state index is -0.618. The molecule has 0 spiro atoms. The number of nitro groups is 1. The van der Waals surface area contributed by atoms with Crippen LogP contribution in [-0.4, -0.2) is 14.9 Å². The van der Waals surface area contributed by atoms with Gasteiger partial charge in [-0.15, -0.1) is 0 Å². The van der Waals surface area contributed by atoms with Crippen molar-refractivity contribution in [3.63, 3.8) is 0 Å². The van der Waals surface area contributed by atoms with Crippen LogP contribution in [0.25, 0.3) is 23.1 Å². The molecule has 0 aliphatic carbocycles. The zero-order valence-corrected chi connectivity index (χ0v) is 10.6. The number of aromatic nitrogens is 2. The molecule has 0 atom stereocenters. The molecule has 21 heavy (non-hydrogen) atoms. The quantitative estimate of drug-likeness (QED) is 0.588. The molecule has 3 rings (SSSR count). The maximum absolute atomic E-state index is 11.9. The average molecular weight is 283 g/mol. The number of hydrogen-bond donors (Lipinski definition) is 1. The summed E-state index contributed by atoms with van der Waals surface area (Å²) in [6.45, 7) is 0. The van der Waals surface area contributed by atoms with Crippen LogP contribution in [0.3, 0.4) is 0 Å². The van der Waals surface area contributed by atoms with Crippen molar-refractivity contribution >= 4 is 28.9 Å². The molecule has 0 fully saturated rings. The van der Waals surface area contributed by atoms with Gasteiger partial charge >= 0.3 is 5.88 Å². The number of benzene rings is 1. The Morgan fingerprint density at radius 2 is 2.00 bits per heavy atom. The maximum atomic E-state index is 11.9. The van der Waals surface area contributed by atoms with Crippen LogP contribution in [0.2, 0.25) is 0 Å². The predicted octanol–water partition coefficient (Wildman–Crippen LogP) is 2.59. The first kappa shape index (κ1) is 12.8. The molecule has 0 bridgehead atoms. The van der Waals surface area contributed by atoms with Gasteiger partial charge in [0.05, 0.1) is 17.0 Å². The molecule has 104 valence electrons. The minimum Gasteiger partial charge on any atom is -0.401 e. The highest BCUT2D eigenvalue weighted by Crippen LogP contribution is 2.17. The van der Waals surface area contributed by atoms with Gasteiger partial charge in [-0.2, -0.15) is 0 Å². The van der Waals surface area contributed by atoms with E-state index in [-0.39, 0.29) is 11.4 Å². The lowest BCUT2D eigenvalue weighted by atomic mass is 10.2. The van der Waals surface area contributed by atoms with Crippen molar-refractivity contribution in [1.29, 1.82) is 0 Å². The van der Waals surface area contributed by atoms with Gasteiger partial charge in [-0.25, -0.2) is 4.98 Å². The Bertz CT molecular complexity index is 908. The number of H-pyrrole nitrogens is 1. The summed E-state index contributed by atoms with van der Waals surface area (Å²) in [4.78, 5) is 28.6. The molecule has 0 saturated heterocycles. The third-order valence-electron chi connectivity index (χ3n) is 2.83. The van der Waals surface area contributed by atoms with E-state index >= 15 is 0 Å². The van der Waals surface area contributed by atoms with Crippen molar-refractivity contribution in [3.05, 3.63) is 68.5 Å². The maximum Gasteiger partial charge on any atom is 0.433 e. The Labute approximate surface area is 117 Å². The zero-order chi connectivity index (χ0) is 14.8. The molecule has 0 aliphatic rings. The van der Waals surface area contributed by atoms with Gasteiger partial charge in [0.15, 0.2) is 0 Å². The molecule has 1 aromatic carbocycles. The van der Waals surface area contributed by atoms with Gasteiger partial charge in [-0.3, -0.25) is 14.9 Å². The highest BCUT2D eigenvalue weighted by Gasteiger charge is 2.09. The first-order chi connectivity index (χ1) is 10.1. The van der Waals surface area contributed by atoms with Gasteiger partial charge < -0.3 is 9.40 Å². The van der Waals surface area contributed by atoms with Crippen LogP contribution < -0.4 is 5.56 Å². The Kier molecular flexibility index (Phi) is 3.07. The summed E-state index contributed by atoms with van der Waals surface area (Å²) < 4.78 is 4.98. The zero-order valence-electron chi connectivity index (χ0n) is 10.6. The molecule has 3 aromatic rings. The third kappa shape index (κ3) is 2.57. The molecule has 7 nitrogen and oxygen atoms in total. The van der Waals surface area contributed by atoms with Gasteiger partial charge in [0.25, 0.3) is 5.56 Å². The lowest BCUT2D eigenvalue weighted by molar-refractivity contribution is -0.402. The first-order valence-electron chi connectivity index (χ1n) is 6.05. The summed E-state index contributed by atoms with van der Waals surface area (Å²) >= 11 is 0. The third-order valence-corrected chi connectivity index (χ3v) is 2.83. The van der Waals surface area contributed by atoms with Crippen molar-refractivity contribution in [2.75, 3.05) is 0 Å². The summed E-state index contributed by atoms with van der Waals surface area (Å²) in [6.07, 6.45) is 3.02. The number of furan rings is 1.